The van der Waals surface area contributed by atoms with Crippen molar-refractivity contribution < 1.29 is 8.81 Å². The average molecular weight is 351 g/mol. The molecule has 0 saturated carbocycles. The van der Waals surface area contributed by atoms with Crippen molar-refractivity contribution in [2.45, 2.75) is 0 Å². The van der Waals surface area contributed by atoms with Crippen LogP contribution in [0.4, 0.5) is 4.39 Å². The molecule has 4 aromatic carbocycles. The van der Waals surface area contributed by atoms with E-state index in [9.17, 15) is 4.39 Å². The van der Waals surface area contributed by atoms with E-state index in [1.165, 1.54) is 6.07 Å². The highest BCUT2D eigenvalue weighted by Crippen LogP contribution is 2.39. The SMILES string of the molecule is Fc1cccc(-n2c3ccccc3c3ccc4c5ccccc5oc4c32)c1. The molecule has 2 heterocycles. The molecule has 0 aliphatic heterocycles. The topological polar surface area (TPSA) is 18.1 Å². The van der Waals surface area contributed by atoms with Gasteiger partial charge in [0.05, 0.1) is 11.0 Å². The Balaban J connectivity index is 1.90. The van der Waals surface area contributed by atoms with Gasteiger partial charge in [0.15, 0.2) is 5.58 Å². The maximum atomic E-state index is 14.0. The van der Waals surface area contributed by atoms with Gasteiger partial charge in [-0.15, -0.1) is 0 Å². The fraction of sp³-hybridized carbons (Fsp3) is 0. The lowest BCUT2D eigenvalue weighted by Gasteiger charge is -2.08. The minimum absolute atomic E-state index is 0.254. The fourth-order valence-electron chi connectivity index (χ4n) is 4.11. The van der Waals surface area contributed by atoms with Crippen LogP contribution in [0.5, 0.6) is 0 Å². The average Bonchev–Trinajstić information content (AvgIpc) is 3.24. The van der Waals surface area contributed by atoms with Crippen molar-refractivity contribution in [2.75, 3.05) is 0 Å². The first-order chi connectivity index (χ1) is 13.3. The van der Waals surface area contributed by atoms with E-state index in [-0.39, 0.29) is 5.82 Å². The molecule has 27 heavy (non-hydrogen) atoms. The van der Waals surface area contributed by atoms with Gasteiger partial charge in [-0.25, -0.2) is 4.39 Å². The zero-order chi connectivity index (χ0) is 18.0. The number of fused-ring (bicyclic) bond motifs is 7. The van der Waals surface area contributed by atoms with E-state index in [1.807, 2.05) is 36.4 Å². The van der Waals surface area contributed by atoms with Gasteiger partial charge >= 0.3 is 0 Å². The van der Waals surface area contributed by atoms with Crippen LogP contribution in [0.2, 0.25) is 0 Å². The quantitative estimate of drug-likeness (QED) is 0.318. The van der Waals surface area contributed by atoms with Crippen molar-refractivity contribution in [1.82, 2.24) is 4.57 Å². The molecule has 0 unspecified atom stereocenters. The van der Waals surface area contributed by atoms with Crippen molar-refractivity contribution in [3.05, 3.63) is 90.7 Å². The molecule has 6 aromatic rings. The predicted octanol–water partition coefficient (Wildman–Crippen LogP) is 6.82. The number of aromatic nitrogens is 1. The molecule has 2 nitrogen and oxygen atoms in total. The Labute approximate surface area is 154 Å². The summed E-state index contributed by atoms with van der Waals surface area (Å²) in [5, 5.41) is 4.38. The molecule has 6 rings (SSSR count). The molecule has 128 valence electrons. The number of para-hydroxylation sites is 2. The van der Waals surface area contributed by atoms with Gasteiger partial charge in [-0.05, 0) is 36.4 Å². The summed E-state index contributed by atoms with van der Waals surface area (Å²) in [7, 11) is 0. The first-order valence-electron chi connectivity index (χ1n) is 8.90. The predicted molar refractivity (Wildman–Crippen MR) is 108 cm³/mol. The van der Waals surface area contributed by atoms with Crippen LogP contribution >= 0.6 is 0 Å². The molecule has 0 bridgehead atoms. The molecule has 0 N–H and O–H groups in total. The number of nitrogens with zero attached hydrogens (tertiary/aromatic N) is 1. The number of benzene rings is 4. The molecular formula is C24H14FNO. The summed E-state index contributed by atoms with van der Waals surface area (Å²) >= 11 is 0. The van der Waals surface area contributed by atoms with Crippen LogP contribution in [-0.2, 0) is 0 Å². The minimum atomic E-state index is -0.254. The lowest BCUT2D eigenvalue weighted by Crippen LogP contribution is -1.94. The van der Waals surface area contributed by atoms with E-state index in [0.29, 0.717) is 0 Å². The van der Waals surface area contributed by atoms with Crippen molar-refractivity contribution in [2.24, 2.45) is 0 Å². The molecule has 0 saturated heterocycles. The summed E-state index contributed by atoms with van der Waals surface area (Å²) in [6.07, 6.45) is 0. The van der Waals surface area contributed by atoms with Gasteiger partial charge in [0.25, 0.3) is 0 Å². The second-order valence-electron chi connectivity index (χ2n) is 6.77. The van der Waals surface area contributed by atoms with Crippen molar-refractivity contribution in [1.29, 1.82) is 0 Å². The van der Waals surface area contributed by atoms with Gasteiger partial charge in [0.1, 0.15) is 11.4 Å². The first-order valence-corrected chi connectivity index (χ1v) is 8.90. The fourth-order valence-corrected chi connectivity index (χ4v) is 4.11. The molecule has 2 aromatic heterocycles. The molecule has 0 amide bonds. The van der Waals surface area contributed by atoms with Gasteiger partial charge < -0.3 is 8.98 Å². The van der Waals surface area contributed by atoms with Crippen molar-refractivity contribution in [3.63, 3.8) is 0 Å². The van der Waals surface area contributed by atoms with E-state index >= 15 is 0 Å². The third-order valence-corrected chi connectivity index (χ3v) is 5.25. The zero-order valence-corrected chi connectivity index (χ0v) is 14.3. The number of hydrogen-bond acceptors (Lipinski definition) is 1. The standard InChI is InChI=1S/C24H14FNO/c25-15-6-5-7-16(14-15)26-21-10-3-1-8-17(21)19-12-13-20-18-9-2-4-11-22(18)27-24(20)23(19)26/h1-14H. The van der Waals surface area contributed by atoms with E-state index in [1.54, 1.807) is 12.1 Å². The van der Waals surface area contributed by atoms with Crippen LogP contribution in [0.15, 0.2) is 89.3 Å². The maximum absolute atomic E-state index is 14.0. The maximum Gasteiger partial charge on any atom is 0.160 e. The minimum Gasteiger partial charge on any atom is -0.454 e. The molecular weight excluding hydrogens is 337 g/mol. The smallest absolute Gasteiger partial charge is 0.160 e. The van der Waals surface area contributed by atoms with Crippen LogP contribution in [0.25, 0.3) is 49.4 Å². The highest BCUT2D eigenvalue weighted by molar-refractivity contribution is 6.21. The van der Waals surface area contributed by atoms with Crippen LogP contribution in [0.1, 0.15) is 0 Å². The second kappa shape index (κ2) is 5.21. The van der Waals surface area contributed by atoms with Crippen LogP contribution in [0, 0.1) is 5.82 Å². The van der Waals surface area contributed by atoms with E-state index in [0.717, 1.165) is 49.4 Å². The highest BCUT2D eigenvalue weighted by Gasteiger charge is 2.18. The van der Waals surface area contributed by atoms with Gasteiger partial charge in [0.2, 0.25) is 0 Å². The third kappa shape index (κ3) is 1.94. The lowest BCUT2D eigenvalue weighted by atomic mass is 10.1. The summed E-state index contributed by atoms with van der Waals surface area (Å²) in [5.41, 5.74) is 4.47. The van der Waals surface area contributed by atoms with Crippen molar-refractivity contribution >= 4 is 43.7 Å². The molecule has 3 heteroatoms. The van der Waals surface area contributed by atoms with Gasteiger partial charge in [0, 0.05) is 27.2 Å². The summed E-state index contributed by atoms with van der Waals surface area (Å²) in [4.78, 5) is 0. The Hall–Kier alpha value is -3.59. The Morgan fingerprint density at radius 2 is 1.44 bits per heavy atom. The van der Waals surface area contributed by atoms with Crippen LogP contribution < -0.4 is 0 Å². The Morgan fingerprint density at radius 1 is 0.667 bits per heavy atom. The second-order valence-corrected chi connectivity index (χ2v) is 6.77. The lowest BCUT2D eigenvalue weighted by molar-refractivity contribution is 0.627. The molecule has 0 aliphatic carbocycles. The summed E-state index contributed by atoms with van der Waals surface area (Å²) in [5.74, 6) is -0.254. The monoisotopic (exact) mass is 351 g/mol. The number of hydrogen-bond donors (Lipinski definition) is 0. The molecule has 0 radical (unpaired) electrons. The van der Waals surface area contributed by atoms with Gasteiger partial charge in [-0.2, -0.15) is 0 Å². The molecule has 0 fully saturated rings. The Bertz CT molecular complexity index is 1490. The highest BCUT2D eigenvalue weighted by atomic mass is 19.1. The third-order valence-electron chi connectivity index (χ3n) is 5.25. The normalized spacial score (nSPS) is 11.9. The van der Waals surface area contributed by atoms with Gasteiger partial charge in [-0.3, -0.25) is 0 Å². The van der Waals surface area contributed by atoms with E-state index < -0.39 is 0 Å². The molecule has 0 atom stereocenters. The Morgan fingerprint density at radius 3 is 2.33 bits per heavy atom. The summed E-state index contributed by atoms with van der Waals surface area (Å²) in [6, 6.07) is 27.2. The van der Waals surface area contributed by atoms with E-state index in [4.69, 9.17) is 4.42 Å². The van der Waals surface area contributed by atoms with E-state index in [2.05, 4.69) is 34.9 Å². The first kappa shape index (κ1) is 14.6. The van der Waals surface area contributed by atoms with Crippen LogP contribution in [0.3, 0.4) is 0 Å². The van der Waals surface area contributed by atoms with Crippen molar-refractivity contribution in [3.8, 4) is 5.69 Å². The number of rotatable bonds is 1. The zero-order valence-electron chi connectivity index (χ0n) is 14.3. The number of halogens is 1. The Kier molecular flexibility index (Phi) is 2.81. The summed E-state index contributed by atoms with van der Waals surface area (Å²) < 4.78 is 22.4. The largest absolute Gasteiger partial charge is 0.454 e. The van der Waals surface area contributed by atoms with Gasteiger partial charge in [-0.1, -0.05) is 48.5 Å². The summed E-state index contributed by atoms with van der Waals surface area (Å²) in [6.45, 7) is 0. The number of furan rings is 1. The molecule has 0 spiro atoms. The molecule has 0 aliphatic rings. The van der Waals surface area contributed by atoms with Crippen LogP contribution in [-0.4, -0.2) is 4.57 Å².